The molecule has 100 valence electrons. The second-order valence-electron chi connectivity index (χ2n) is 4.12. The molecule has 0 radical (unpaired) electrons. The van der Waals surface area contributed by atoms with Gasteiger partial charge in [-0.05, 0) is 25.0 Å². The molecule has 0 saturated heterocycles. The number of imidazole rings is 1. The standard InChI is InChI=1S/C13H15N3O2S/c1-3-10-7-15-13(19-8-12(17)18)16(10)11-4-9(2)5-14-6-11/h4-7H,3,8H2,1-2H3,(H,17,18). The summed E-state index contributed by atoms with van der Waals surface area (Å²) in [6.07, 6.45) is 6.16. The molecule has 0 aliphatic heterocycles. The Morgan fingerprint density at radius 2 is 2.21 bits per heavy atom. The van der Waals surface area contributed by atoms with E-state index < -0.39 is 5.97 Å². The van der Waals surface area contributed by atoms with Crippen LogP contribution in [0.25, 0.3) is 5.69 Å². The summed E-state index contributed by atoms with van der Waals surface area (Å²) in [6.45, 7) is 4.02. The van der Waals surface area contributed by atoms with Crippen LogP contribution in [-0.2, 0) is 11.2 Å². The van der Waals surface area contributed by atoms with Crippen molar-refractivity contribution in [3.63, 3.8) is 0 Å². The quantitative estimate of drug-likeness (QED) is 0.849. The molecule has 0 saturated carbocycles. The van der Waals surface area contributed by atoms with Crippen LogP contribution < -0.4 is 0 Å². The van der Waals surface area contributed by atoms with Crippen LogP contribution in [-0.4, -0.2) is 31.4 Å². The average Bonchev–Trinajstić information content (AvgIpc) is 2.79. The molecule has 0 atom stereocenters. The minimum atomic E-state index is -0.847. The summed E-state index contributed by atoms with van der Waals surface area (Å²) in [5, 5.41) is 9.46. The van der Waals surface area contributed by atoms with Gasteiger partial charge in [0.25, 0.3) is 0 Å². The van der Waals surface area contributed by atoms with Gasteiger partial charge in [0.1, 0.15) is 0 Å². The maximum atomic E-state index is 10.7. The third-order valence-corrected chi connectivity index (χ3v) is 3.55. The van der Waals surface area contributed by atoms with E-state index in [1.54, 1.807) is 18.6 Å². The van der Waals surface area contributed by atoms with Crippen molar-refractivity contribution in [1.82, 2.24) is 14.5 Å². The molecule has 5 nitrogen and oxygen atoms in total. The highest BCUT2D eigenvalue weighted by molar-refractivity contribution is 7.99. The summed E-state index contributed by atoms with van der Waals surface area (Å²) in [5.74, 6) is -0.848. The first kappa shape index (κ1) is 13.6. The van der Waals surface area contributed by atoms with Crippen molar-refractivity contribution < 1.29 is 9.90 Å². The van der Waals surface area contributed by atoms with Crippen molar-refractivity contribution in [2.75, 3.05) is 5.75 Å². The highest BCUT2D eigenvalue weighted by atomic mass is 32.2. The lowest BCUT2D eigenvalue weighted by molar-refractivity contribution is -0.133. The number of aromatic nitrogens is 3. The summed E-state index contributed by atoms with van der Waals surface area (Å²) in [5.41, 5.74) is 3.02. The first-order valence-corrected chi connectivity index (χ1v) is 6.93. The summed E-state index contributed by atoms with van der Waals surface area (Å²) in [6, 6.07) is 2.01. The number of hydrogen-bond acceptors (Lipinski definition) is 4. The number of aliphatic carboxylic acids is 1. The van der Waals surface area contributed by atoms with Crippen molar-refractivity contribution in [1.29, 1.82) is 0 Å². The molecule has 2 rings (SSSR count). The van der Waals surface area contributed by atoms with Gasteiger partial charge in [-0.3, -0.25) is 14.3 Å². The molecule has 0 aliphatic carbocycles. The molecule has 0 unspecified atom stereocenters. The van der Waals surface area contributed by atoms with E-state index in [1.165, 1.54) is 11.8 Å². The minimum absolute atomic E-state index is 0.000583. The molecule has 6 heteroatoms. The molecule has 2 aromatic heterocycles. The van der Waals surface area contributed by atoms with Crippen molar-refractivity contribution in [2.45, 2.75) is 25.4 Å². The van der Waals surface area contributed by atoms with Crippen LogP contribution in [0.5, 0.6) is 0 Å². The largest absolute Gasteiger partial charge is 0.481 e. The molecular weight excluding hydrogens is 262 g/mol. The molecule has 0 aliphatic rings. The molecule has 2 heterocycles. The Kier molecular flexibility index (Phi) is 4.21. The monoisotopic (exact) mass is 277 g/mol. The Balaban J connectivity index is 2.41. The van der Waals surface area contributed by atoms with Gasteiger partial charge in [0, 0.05) is 18.1 Å². The zero-order chi connectivity index (χ0) is 13.8. The zero-order valence-electron chi connectivity index (χ0n) is 10.8. The second kappa shape index (κ2) is 5.88. The van der Waals surface area contributed by atoms with Crippen LogP contribution in [0.1, 0.15) is 18.2 Å². The Bertz CT molecular complexity index is 595. The Morgan fingerprint density at radius 3 is 2.84 bits per heavy atom. The molecule has 1 N–H and O–H groups in total. The number of nitrogens with zero attached hydrogens (tertiary/aromatic N) is 3. The van der Waals surface area contributed by atoms with Gasteiger partial charge in [-0.25, -0.2) is 4.98 Å². The van der Waals surface area contributed by atoms with Gasteiger partial charge in [0.15, 0.2) is 5.16 Å². The number of aryl methyl sites for hydroxylation is 2. The van der Waals surface area contributed by atoms with Crippen molar-refractivity contribution in [2.24, 2.45) is 0 Å². The lowest BCUT2D eigenvalue weighted by atomic mass is 10.3. The third kappa shape index (κ3) is 3.14. The smallest absolute Gasteiger partial charge is 0.313 e. The molecule has 0 amide bonds. The fraction of sp³-hybridized carbons (Fsp3) is 0.308. The average molecular weight is 277 g/mol. The van der Waals surface area contributed by atoms with Gasteiger partial charge in [-0.1, -0.05) is 18.7 Å². The number of rotatable bonds is 5. The first-order valence-electron chi connectivity index (χ1n) is 5.95. The molecular formula is C13H15N3O2S. The highest BCUT2D eigenvalue weighted by Gasteiger charge is 2.13. The SMILES string of the molecule is CCc1cnc(SCC(=O)O)n1-c1cncc(C)c1. The summed E-state index contributed by atoms with van der Waals surface area (Å²) < 4.78 is 1.97. The van der Waals surface area contributed by atoms with Crippen LogP contribution in [0.3, 0.4) is 0 Å². The van der Waals surface area contributed by atoms with E-state index in [1.807, 2.05) is 24.5 Å². The number of carbonyl (C=O) groups is 1. The van der Waals surface area contributed by atoms with Crippen molar-refractivity contribution in [3.8, 4) is 5.69 Å². The van der Waals surface area contributed by atoms with E-state index in [0.29, 0.717) is 5.16 Å². The van der Waals surface area contributed by atoms with Crippen LogP contribution in [0.4, 0.5) is 0 Å². The highest BCUT2D eigenvalue weighted by Crippen LogP contribution is 2.23. The van der Waals surface area contributed by atoms with Crippen molar-refractivity contribution in [3.05, 3.63) is 35.9 Å². The summed E-state index contributed by atoms with van der Waals surface area (Å²) in [4.78, 5) is 19.2. The van der Waals surface area contributed by atoms with Gasteiger partial charge in [-0.2, -0.15) is 0 Å². The minimum Gasteiger partial charge on any atom is -0.481 e. The van der Waals surface area contributed by atoms with Crippen LogP contribution >= 0.6 is 11.8 Å². The van der Waals surface area contributed by atoms with E-state index in [2.05, 4.69) is 9.97 Å². The van der Waals surface area contributed by atoms with Gasteiger partial charge in [-0.15, -0.1) is 0 Å². The van der Waals surface area contributed by atoms with E-state index >= 15 is 0 Å². The van der Waals surface area contributed by atoms with Crippen LogP contribution in [0.15, 0.2) is 29.8 Å². The Hall–Kier alpha value is -1.82. The molecule has 19 heavy (non-hydrogen) atoms. The third-order valence-electron chi connectivity index (χ3n) is 2.61. The maximum Gasteiger partial charge on any atom is 0.313 e. The van der Waals surface area contributed by atoms with E-state index in [4.69, 9.17) is 5.11 Å². The summed E-state index contributed by atoms with van der Waals surface area (Å²) in [7, 11) is 0. The normalized spacial score (nSPS) is 10.6. The Morgan fingerprint density at radius 1 is 1.42 bits per heavy atom. The maximum absolute atomic E-state index is 10.7. The number of carboxylic acids is 1. The number of hydrogen-bond donors (Lipinski definition) is 1. The van der Waals surface area contributed by atoms with E-state index in [-0.39, 0.29) is 5.75 Å². The van der Waals surface area contributed by atoms with Crippen LogP contribution in [0, 0.1) is 6.92 Å². The van der Waals surface area contributed by atoms with Crippen molar-refractivity contribution >= 4 is 17.7 Å². The van der Waals surface area contributed by atoms with Crippen LogP contribution in [0.2, 0.25) is 0 Å². The first-order chi connectivity index (χ1) is 9.11. The number of carboxylic acid groups (broad SMARTS) is 1. The Labute approximate surface area is 115 Å². The molecule has 0 fully saturated rings. The molecule has 0 spiro atoms. The topological polar surface area (TPSA) is 68.0 Å². The fourth-order valence-corrected chi connectivity index (χ4v) is 2.51. The molecule has 0 aromatic carbocycles. The lowest BCUT2D eigenvalue weighted by Crippen LogP contribution is -2.04. The lowest BCUT2D eigenvalue weighted by Gasteiger charge is -2.10. The number of pyridine rings is 1. The molecule has 2 aromatic rings. The zero-order valence-corrected chi connectivity index (χ0v) is 11.6. The van der Waals surface area contributed by atoms with Gasteiger partial charge >= 0.3 is 5.97 Å². The molecule has 0 bridgehead atoms. The number of thioether (sulfide) groups is 1. The fourth-order valence-electron chi connectivity index (χ4n) is 1.78. The predicted octanol–water partition coefficient (Wildman–Crippen LogP) is 2.31. The predicted molar refractivity (Wildman–Crippen MR) is 73.8 cm³/mol. The summed E-state index contributed by atoms with van der Waals surface area (Å²) >= 11 is 1.22. The van der Waals surface area contributed by atoms with Gasteiger partial charge in [0.2, 0.25) is 0 Å². The van der Waals surface area contributed by atoms with E-state index in [9.17, 15) is 4.79 Å². The van der Waals surface area contributed by atoms with Gasteiger partial charge in [0.05, 0.1) is 17.6 Å². The van der Waals surface area contributed by atoms with E-state index in [0.717, 1.165) is 23.4 Å². The van der Waals surface area contributed by atoms with Gasteiger partial charge < -0.3 is 5.11 Å². The second-order valence-corrected chi connectivity index (χ2v) is 5.07.